The van der Waals surface area contributed by atoms with Crippen molar-refractivity contribution in [2.45, 2.75) is 9.79 Å². The quantitative estimate of drug-likeness (QED) is 0.161. The molecule has 0 radical (unpaired) electrons. The van der Waals surface area contributed by atoms with E-state index in [0.717, 1.165) is 0 Å². The fraction of sp³-hybridized carbons (Fsp3) is 0. The van der Waals surface area contributed by atoms with Crippen LogP contribution in [0.3, 0.4) is 0 Å². The van der Waals surface area contributed by atoms with Crippen LogP contribution in [0.25, 0.3) is 22.1 Å². The van der Waals surface area contributed by atoms with E-state index in [-0.39, 0.29) is 33.5 Å². The number of rotatable bonds is 6. The molecule has 2 amide bonds. The molecule has 0 saturated heterocycles. The molecular formula is C28H18Br2N6O4S. The Hall–Kier alpha value is -4.33. The third-order valence-electron chi connectivity index (χ3n) is 6.23. The van der Waals surface area contributed by atoms with E-state index < -0.39 is 9.84 Å². The van der Waals surface area contributed by atoms with Crippen molar-refractivity contribution < 1.29 is 18.0 Å². The number of benzene rings is 4. The summed E-state index contributed by atoms with van der Waals surface area (Å²) < 4.78 is 28.3. The molecule has 0 spiro atoms. The summed E-state index contributed by atoms with van der Waals surface area (Å²) in [4.78, 5) is 40.0. The number of hydrogen-bond donors (Lipinski definition) is 4. The number of amides is 2. The van der Waals surface area contributed by atoms with Gasteiger partial charge in [-0.2, -0.15) is 0 Å². The molecule has 0 atom stereocenters. The average Bonchev–Trinajstić information content (AvgIpc) is 3.55. The van der Waals surface area contributed by atoms with Gasteiger partial charge in [-0.3, -0.25) is 20.2 Å². The van der Waals surface area contributed by atoms with Gasteiger partial charge in [0.15, 0.2) is 0 Å². The number of anilines is 2. The van der Waals surface area contributed by atoms with Crippen LogP contribution in [0.15, 0.2) is 104 Å². The third kappa shape index (κ3) is 5.26. The minimum absolute atomic E-state index is 0.0404. The predicted octanol–water partition coefficient (Wildman–Crippen LogP) is 6.30. The number of nitrogens with one attached hydrogen (secondary N) is 4. The Morgan fingerprint density at radius 3 is 1.46 bits per heavy atom. The smallest absolute Gasteiger partial charge is 0.259 e. The second-order valence-electron chi connectivity index (χ2n) is 8.90. The molecule has 0 aliphatic heterocycles. The molecule has 4 N–H and O–H groups in total. The van der Waals surface area contributed by atoms with Gasteiger partial charge in [0, 0.05) is 8.95 Å². The molecule has 4 aromatic carbocycles. The van der Waals surface area contributed by atoms with E-state index in [0.29, 0.717) is 42.1 Å². The van der Waals surface area contributed by atoms with Gasteiger partial charge >= 0.3 is 0 Å². The fourth-order valence-electron chi connectivity index (χ4n) is 4.21. The molecule has 2 heterocycles. The highest BCUT2D eigenvalue weighted by Gasteiger charge is 2.21. The van der Waals surface area contributed by atoms with Crippen molar-refractivity contribution in [1.29, 1.82) is 0 Å². The molecule has 41 heavy (non-hydrogen) atoms. The molecule has 204 valence electrons. The molecule has 0 bridgehead atoms. The van der Waals surface area contributed by atoms with E-state index >= 15 is 0 Å². The Morgan fingerprint density at radius 2 is 1.05 bits per heavy atom. The summed E-state index contributed by atoms with van der Waals surface area (Å²) >= 11 is 6.71. The average molecular weight is 694 g/mol. The first kappa shape index (κ1) is 26.9. The summed E-state index contributed by atoms with van der Waals surface area (Å²) in [7, 11) is -3.93. The minimum atomic E-state index is -3.93. The Morgan fingerprint density at radius 1 is 0.634 bits per heavy atom. The number of sulfone groups is 1. The van der Waals surface area contributed by atoms with E-state index in [1.807, 2.05) is 0 Å². The molecule has 0 aliphatic rings. The SMILES string of the molecule is O=C(Nc1nc2ccc(S(=O)(=O)c3ccc4nc(NC(=O)c5ccccc5Br)[nH]c4c3)cc2[nH]1)c1ccccc1Br. The Bertz CT molecular complexity index is 1960. The fourth-order valence-corrected chi connectivity index (χ4v) is 6.45. The van der Waals surface area contributed by atoms with Crippen LogP contribution in [0.1, 0.15) is 20.7 Å². The normalized spacial score (nSPS) is 11.6. The van der Waals surface area contributed by atoms with Crippen molar-refractivity contribution in [3.8, 4) is 0 Å². The van der Waals surface area contributed by atoms with Gasteiger partial charge in [0.2, 0.25) is 21.7 Å². The van der Waals surface area contributed by atoms with Crippen molar-refractivity contribution in [3.63, 3.8) is 0 Å². The third-order valence-corrected chi connectivity index (χ3v) is 9.36. The number of aromatic nitrogens is 4. The summed E-state index contributed by atoms with van der Waals surface area (Å²) in [5.74, 6) is -0.369. The highest BCUT2D eigenvalue weighted by molar-refractivity contribution is 9.10. The lowest BCUT2D eigenvalue weighted by molar-refractivity contribution is 0.101. The number of carbonyl (C=O) groups is 2. The maximum absolute atomic E-state index is 13.5. The highest BCUT2D eigenvalue weighted by atomic mass is 79.9. The molecule has 13 heteroatoms. The molecule has 6 rings (SSSR count). The number of fused-ring (bicyclic) bond motifs is 2. The number of halogens is 2. The molecular weight excluding hydrogens is 676 g/mol. The molecule has 0 fully saturated rings. The van der Waals surface area contributed by atoms with Gasteiger partial charge < -0.3 is 9.97 Å². The zero-order valence-corrected chi connectivity index (χ0v) is 24.8. The second kappa shape index (κ2) is 10.6. The zero-order chi connectivity index (χ0) is 28.7. The Kier molecular flexibility index (Phi) is 6.93. The van der Waals surface area contributed by atoms with Crippen LogP contribution in [0.5, 0.6) is 0 Å². The van der Waals surface area contributed by atoms with Gasteiger partial charge in [-0.25, -0.2) is 18.4 Å². The van der Waals surface area contributed by atoms with Gasteiger partial charge in [-0.15, -0.1) is 0 Å². The first-order chi connectivity index (χ1) is 19.7. The number of imidazole rings is 2. The van der Waals surface area contributed by atoms with Gasteiger partial charge in [0.25, 0.3) is 11.8 Å². The first-order valence-corrected chi connectivity index (χ1v) is 15.1. The Labute approximate surface area is 249 Å². The van der Waals surface area contributed by atoms with Crippen molar-refractivity contribution in [1.82, 2.24) is 19.9 Å². The standard InChI is InChI=1S/C28H18Br2N6O4S/c29-19-7-3-1-5-17(19)25(37)35-27-31-21-11-9-15(13-23(21)33-27)41(39,40)16-10-12-22-24(14-16)34-28(32-22)36-26(38)18-6-2-4-8-20(18)30/h1-14H,(H2,31,33,35,37)(H2,32,34,36,38). The van der Waals surface area contributed by atoms with Gasteiger partial charge in [-0.05, 0) is 92.5 Å². The van der Waals surface area contributed by atoms with E-state index in [1.54, 1.807) is 60.7 Å². The van der Waals surface area contributed by atoms with Crippen molar-refractivity contribution >= 4 is 87.5 Å². The van der Waals surface area contributed by atoms with Crippen molar-refractivity contribution in [2.75, 3.05) is 10.6 Å². The first-order valence-electron chi connectivity index (χ1n) is 12.1. The highest BCUT2D eigenvalue weighted by Crippen LogP contribution is 2.28. The van der Waals surface area contributed by atoms with Crippen LogP contribution in [-0.2, 0) is 9.84 Å². The minimum Gasteiger partial charge on any atom is -0.324 e. The summed E-state index contributed by atoms with van der Waals surface area (Å²) in [6.45, 7) is 0. The second-order valence-corrected chi connectivity index (χ2v) is 12.6. The van der Waals surface area contributed by atoms with Crippen molar-refractivity contribution in [2.24, 2.45) is 0 Å². The molecule has 0 saturated carbocycles. The molecule has 2 aromatic heterocycles. The number of aromatic amines is 2. The van der Waals surface area contributed by atoms with Crippen molar-refractivity contribution in [3.05, 3.63) is 105 Å². The number of carbonyl (C=O) groups excluding carboxylic acids is 2. The van der Waals surface area contributed by atoms with Gasteiger partial charge in [-0.1, -0.05) is 24.3 Å². The molecule has 0 unspecified atom stereocenters. The summed E-state index contributed by atoms with van der Waals surface area (Å²) in [5.41, 5.74) is 2.71. The maximum atomic E-state index is 13.5. The summed E-state index contributed by atoms with van der Waals surface area (Å²) in [6.07, 6.45) is 0. The molecule has 6 aromatic rings. The van der Waals surface area contributed by atoms with Crippen LogP contribution >= 0.6 is 31.9 Å². The zero-order valence-electron chi connectivity index (χ0n) is 20.8. The lowest BCUT2D eigenvalue weighted by atomic mass is 10.2. The number of hydrogen-bond acceptors (Lipinski definition) is 6. The van der Waals surface area contributed by atoms with Gasteiger partial charge in [0.1, 0.15) is 0 Å². The number of H-pyrrole nitrogens is 2. The molecule has 10 nitrogen and oxygen atoms in total. The largest absolute Gasteiger partial charge is 0.324 e. The van der Waals surface area contributed by atoms with Gasteiger partial charge in [0.05, 0.1) is 43.0 Å². The van der Waals surface area contributed by atoms with Crippen LogP contribution < -0.4 is 10.6 Å². The van der Waals surface area contributed by atoms with Crippen LogP contribution in [0, 0.1) is 0 Å². The Balaban J connectivity index is 1.25. The van der Waals surface area contributed by atoms with Crippen LogP contribution in [0.4, 0.5) is 11.9 Å². The maximum Gasteiger partial charge on any atom is 0.259 e. The topological polar surface area (TPSA) is 150 Å². The van der Waals surface area contributed by atoms with Crippen LogP contribution in [0.2, 0.25) is 0 Å². The van der Waals surface area contributed by atoms with E-state index in [4.69, 9.17) is 0 Å². The lowest BCUT2D eigenvalue weighted by Gasteiger charge is -2.05. The predicted molar refractivity (Wildman–Crippen MR) is 162 cm³/mol. The number of nitrogens with zero attached hydrogens (tertiary/aromatic N) is 2. The lowest BCUT2D eigenvalue weighted by Crippen LogP contribution is -2.13. The van der Waals surface area contributed by atoms with E-state index in [9.17, 15) is 18.0 Å². The van der Waals surface area contributed by atoms with Crippen LogP contribution in [-0.4, -0.2) is 40.2 Å². The van der Waals surface area contributed by atoms with E-state index in [2.05, 4.69) is 62.4 Å². The monoisotopic (exact) mass is 692 g/mol. The molecule has 0 aliphatic carbocycles. The van der Waals surface area contributed by atoms with E-state index in [1.165, 1.54) is 24.3 Å². The summed E-state index contributed by atoms with van der Waals surface area (Å²) in [5, 5.41) is 5.40. The summed E-state index contributed by atoms with van der Waals surface area (Å²) in [6, 6.07) is 22.9.